The van der Waals surface area contributed by atoms with Crippen LogP contribution in [0.3, 0.4) is 0 Å². The molecule has 0 N–H and O–H groups in total. The van der Waals surface area contributed by atoms with Gasteiger partial charge >= 0.3 is 0 Å². The summed E-state index contributed by atoms with van der Waals surface area (Å²) in [4.78, 5) is 6.53. The first kappa shape index (κ1) is 12.5. The van der Waals surface area contributed by atoms with Gasteiger partial charge in [-0.1, -0.05) is 28.9 Å². The van der Waals surface area contributed by atoms with Gasteiger partial charge in [0.2, 0.25) is 5.88 Å². The van der Waals surface area contributed by atoms with Gasteiger partial charge in [-0.25, -0.2) is 4.98 Å². The van der Waals surface area contributed by atoms with Crippen LogP contribution < -0.4 is 4.74 Å². The summed E-state index contributed by atoms with van der Waals surface area (Å²) < 4.78 is 5.22. The Morgan fingerprint density at radius 1 is 1.53 bits per heavy atom. The van der Waals surface area contributed by atoms with Gasteiger partial charge in [-0.05, 0) is 12.6 Å². The summed E-state index contributed by atoms with van der Waals surface area (Å²) in [6, 6.07) is 4.00. The lowest BCUT2D eigenvalue weighted by atomic mass is 10.2. The maximum absolute atomic E-state index is 5.22. The molecule has 1 aromatic rings. The Kier molecular flexibility index (Phi) is 5.65. The van der Waals surface area contributed by atoms with E-state index in [0.717, 1.165) is 36.4 Å². The Morgan fingerprint density at radius 2 is 2.33 bits per heavy atom. The second kappa shape index (κ2) is 6.80. The number of halogens is 1. The molecule has 0 radical (unpaired) electrons. The molecule has 0 fully saturated rings. The third kappa shape index (κ3) is 3.80. The SMILES string of the molecule is CCN(CCBr)Cc1cccnc1OC. The number of nitrogens with zero attached hydrogens (tertiary/aromatic N) is 2. The van der Waals surface area contributed by atoms with Gasteiger partial charge in [-0.15, -0.1) is 0 Å². The molecule has 15 heavy (non-hydrogen) atoms. The molecule has 4 heteroatoms. The lowest BCUT2D eigenvalue weighted by molar-refractivity contribution is 0.290. The maximum atomic E-state index is 5.22. The standard InChI is InChI=1S/C11H17BrN2O/c1-3-14(8-6-12)9-10-5-4-7-13-11(10)15-2/h4-5,7H,3,6,8-9H2,1-2H3. The Balaban J connectivity index is 2.69. The van der Waals surface area contributed by atoms with Crippen LogP contribution in [0.1, 0.15) is 12.5 Å². The minimum absolute atomic E-state index is 0.727. The molecule has 1 rings (SSSR count). The lowest BCUT2D eigenvalue weighted by Crippen LogP contribution is -2.25. The topological polar surface area (TPSA) is 25.4 Å². The van der Waals surface area contributed by atoms with Gasteiger partial charge in [0.05, 0.1) is 7.11 Å². The van der Waals surface area contributed by atoms with Gasteiger partial charge in [0, 0.05) is 30.2 Å². The molecule has 0 atom stereocenters. The zero-order valence-corrected chi connectivity index (χ0v) is 10.8. The first-order valence-corrected chi connectivity index (χ1v) is 6.20. The van der Waals surface area contributed by atoms with Crippen LogP contribution >= 0.6 is 15.9 Å². The Hall–Kier alpha value is -0.610. The highest BCUT2D eigenvalue weighted by molar-refractivity contribution is 9.09. The van der Waals surface area contributed by atoms with Gasteiger partial charge in [0.1, 0.15) is 0 Å². The number of aromatic nitrogens is 1. The number of pyridine rings is 1. The molecule has 0 saturated carbocycles. The highest BCUT2D eigenvalue weighted by Crippen LogP contribution is 2.15. The minimum Gasteiger partial charge on any atom is -0.481 e. The molecule has 1 heterocycles. The zero-order chi connectivity index (χ0) is 11.1. The van der Waals surface area contributed by atoms with Crippen LogP contribution in [0.4, 0.5) is 0 Å². The first-order chi connectivity index (χ1) is 7.31. The molecule has 0 aliphatic carbocycles. The second-order valence-electron chi connectivity index (χ2n) is 3.23. The molecular weight excluding hydrogens is 256 g/mol. The van der Waals surface area contributed by atoms with Crippen LogP contribution in [0.25, 0.3) is 0 Å². The molecule has 0 unspecified atom stereocenters. The van der Waals surface area contributed by atoms with Crippen molar-refractivity contribution >= 4 is 15.9 Å². The molecule has 0 bridgehead atoms. The Morgan fingerprint density at radius 3 is 2.93 bits per heavy atom. The van der Waals surface area contributed by atoms with Gasteiger partial charge in [0.15, 0.2) is 0 Å². The molecule has 0 aromatic carbocycles. The minimum atomic E-state index is 0.727. The van der Waals surface area contributed by atoms with Crippen molar-refractivity contribution in [1.82, 2.24) is 9.88 Å². The van der Waals surface area contributed by atoms with Crippen molar-refractivity contribution in [2.45, 2.75) is 13.5 Å². The van der Waals surface area contributed by atoms with E-state index in [1.54, 1.807) is 13.3 Å². The highest BCUT2D eigenvalue weighted by Gasteiger charge is 2.07. The third-order valence-corrected chi connectivity index (χ3v) is 2.64. The van der Waals surface area contributed by atoms with Crippen LogP contribution in [0.15, 0.2) is 18.3 Å². The number of rotatable bonds is 6. The van der Waals surface area contributed by atoms with E-state index in [9.17, 15) is 0 Å². The first-order valence-electron chi connectivity index (χ1n) is 5.08. The largest absolute Gasteiger partial charge is 0.481 e. The zero-order valence-electron chi connectivity index (χ0n) is 9.24. The van der Waals surface area contributed by atoms with Crippen LogP contribution in [0, 0.1) is 0 Å². The average molecular weight is 273 g/mol. The number of ether oxygens (including phenoxy) is 1. The summed E-state index contributed by atoms with van der Waals surface area (Å²) >= 11 is 3.45. The highest BCUT2D eigenvalue weighted by atomic mass is 79.9. The number of alkyl halides is 1. The Labute approximate surface area is 99.6 Å². The molecule has 1 aromatic heterocycles. The maximum Gasteiger partial charge on any atom is 0.217 e. The van der Waals surface area contributed by atoms with E-state index in [2.05, 4.69) is 38.8 Å². The fraction of sp³-hybridized carbons (Fsp3) is 0.545. The molecule has 0 amide bonds. The van der Waals surface area contributed by atoms with E-state index in [0.29, 0.717) is 0 Å². The molecular formula is C11H17BrN2O. The number of methoxy groups -OCH3 is 1. The number of hydrogen-bond donors (Lipinski definition) is 0. The second-order valence-corrected chi connectivity index (χ2v) is 4.02. The van der Waals surface area contributed by atoms with Crippen molar-refractivity contribution in [3.8, 4) is 5.88 Å². The van der Waals surface area contributed by atoms with Gasteiger partial charge in [-0.3, -0.25) is 4.90 Å². The molecule has 0 aliphatic rings. The van der Waals surface area contributed by atoms with Gasteiger partial charge in [0.25, 0.3) is 0 Å². The number of hydrogen-bond acceptors (Lipinski definition) is 3. The van der Waals surface area contributed by atoms with E-state index in [1.807, 2.05) is 6.07 Å². The summed E-state index contributed by atoms with van der Waals surface area (Å²) in [5.74, 6) is 0.727. The summed E-state index contributed by atoms with van der Waals surface area (Å²) in [7, 11) is 1.66. The summed E-state index contributed by atoms with van der Waals surface area (Å²) in [5.41, 5.74) is 1.14. The van der Waals surface area contributed by atoms with Crippen molar-refractivity contribution in [3.63, 3.8) is 0 Å². The predicted molar refractivity (Wildman–Crippen MR) is 65.5 cm³/mol. The third-order valence-electron chi connectivity index (χ3n) is 2.29. The van der Waals surface area contributed by atoms with Crippen molar-refractivity contribution in [2.75, 3.05) is 25.5 Å². The average Bonchev–Trinajstić information content (AvgIpc) is 2.29. The smallest absolute Gasteiger partial charge is 0.217 e. The summed E-state index contributed by atoms with van der Waals surface area (Å²) in [6.45, 7) is 5.11. The van der Waals surface area contributed by atoms with E-state index >= 15 is 0 Å². The van der Waals surface area contributed by atoms with E-state index < -0.39 is 0 Å². The molecule has 3 nitrogen and oxygen atoms in total. The molecule has 0 aliphatic heterocycles. The summed E-state index contributed by atoms with van der Waals surface area (Å²) in [6.07, 6.45) is 1.75. The van der Waals surface area contributed by atoms with Crippen LogP contribution in [-0.4, -0.2) is 35.4 Å². The normalized spacial score (nSPS) is 10.7. The van der Waals surface area contributed by atoms with Crippen molar-refractivity contribution in [1.29, 1.82) is 0 Å². The quantitative estimate of drug-likeness (QED) is 0.744. The van der Waals surface area contributed by atoms with E-state index in [4.69, 9.17) is 4.74 Å². The molecule has 0 saturated heterocycles. The fourth-order valence-corrected chi connectivity index (χ4v) is 1.94. The Bertz CT molecular complexity index is 294. The molecule has 0 spiro atoms. The van der Waals surface area contributed by atoms with Crippen LogP contribution in [0.5, 0.6) is 5.88 Å². The van der Waals surface area contributed by atoms with Crippen molar-refractivity contribution in [3.05, 3.63) is 23.9 Å². The van der Waals surface area contributed by atoms with E-state index in [-0.39, 0.29) is 0 Å². The monoisotopic (exact) mass is 272 g/mol. The predicted octanol–water partition coefficient (Wildman–Crippen LogP) is 2.31. The van der Waals surface area contributed by atoms with Gasteiger partial charge < -0.3 is 4.74 Å². The molecule has 84 valence electrons. The fourth-order valence-electron chi connectivity index (χ4n) is 1.44. The van der Waals surface area contributed by atoms with Crippen LogP contribution in [-0.2, 0) is 6.54 Å². The lowest BCUT2D eigenvalue weighted by Gasteiger charge is -2.19. The van der Waals surface area contributed by atoms with Crippen LogP contribution in [0.2, 0.25) is 0 Å². The van der Waals surface area contributed by atoms with E-state index in [1.165, 1.54) is 0 Å². The van der Waals surface area contributed by atoms with Crippen molar-refractivity contribution in [2.24, 2.45) is 0 Å². The van der Waals surface area contributed by atoms with Crippen molar-refractivity contribution < 1.29 is 4.74 Å². The van der Waals surface area contributed by atoms with Gasteiger partial charge in [-0.2, -0.15) is 0 Å². The summed E-state index contributed by atoms with van der Waals surface area (Å²) in [5, 5.41) is 0.990.